The predicted molar refractivity (Wildman–Crippen MR) is 90.2 cm³/mol. The quantitative estimate of drug-likeness (QED) is 0.839. The highest BCUT2D eigenvalue weighted by atomic mass is 32.1. The zero-order chi connectivity index (χ0) is 15.9. The Morgan fingerprint density at radius 3 is 2.86 bits per heavy atom. The van der Waals surface area contributed by atoms with Crippen LogP contribution in [0.5, 0.6) is 0 Å². The number of thiophene rings is 1. The van der Waals surface area contributed by atoms with Gasteiger partial charge in [-0.05, 0) is 56.0 Å². The van der Waals surface area contributed by atoms with E-state index in [9.17, 15) is 9.59 Å². The number of amides is 2. The van der Waals surface area contributed by atoms with Gasteiger partial charge in [-0.3, -0.25) is 9.59 Å². The van der Waals surface area contributed by atoms with Gasteiger partial charge in [0, 0.05) is 37.4 Å². The molecule has 2 amide bonds. The summed E-state index contributed by atoms with van der Waals surface area (Å²) in [6, 6.07) is 0. The van der Waals surface area contributed by atoms with E-state index >= 15 is 0 Å². The molecule has 0 atom stereocenters. The highest BCUT2D eigenvalue weighted by Gasteiger charge is 2.17. The van der Waals surface area contributed by atoms with Gasteiger partial charge in [-0.1, -0.05) is 0 Å². The van der Waals surface area contributed by atoms with Crippen LogP contribution in [-0.2, 0) is 16.0 Å². The molecule has 0 aliphatic carbocycles. The Balaban J connectivity index is 1.60. The largest absolute Gasteiger partial charge is 0.356 e. The second kappa shape index (κ2) is 8.32. The molecule has 0 bridgehead atoms. The van der Waals surface area contributed by atoms with Gasteiger partial charge in [0.2, 0.25) is 11.8 Å². The zero-order valence-corrected chi connectivity index (χ0v) is 14.4. The molecular formula is C17H26N2O2S. The number of piperidine rings is 1. The summed E-state index contributed by atoms with van der Waals surface area (Å²) < 4.78 is 0. The smallest absolute Gasteiger partial charge is 0.222 e. The monoisotopic (exact) mass is 322 g/mol. The first-order valence-corrected chi connectivity index (χ1v) is 9.04. The number of carbonyl (C=O) groups excluding carboxylic acids is 2. The lowest BCUT2D eigenvalue weighted by Gasteiger charge is -2.26. The van der Waals surface area contributed by atoms with E-state index < -0.39 is 0 Å². The fourth-order valence-corrected chi connectivity index (χ4v) is 3.68. The van der Waals surface area contributed by atoms with Gasteiger partial charge in [0.05, 0.1) is 0 Å². The Bertz CT molecular complexity index is 525. The molecule has 1 aliphatic rings. The molecule has 1 aromatic heterocycles. The molecule has 22 heavy (non-hydrogen) atoms. The Labute approximate surface area is 136 Å². The number of aryl methyl sites for hydroxylation is 1. The number of nitrogens with one attached hydrogen (secondary N) is 1. The zero-order valence-electron chi connectivity index (χ0n) is 13.6. The number of nitrogens with zero attached hydrogens (tertiary/aromatic N) is 1. The summed E-state index contributed by atoms with van der Waals surface area (Å²) in [6.45, 7) is 6.54. The van der Waals surface area contributed by atoms with Gasteiger partial charge in [0.25, 0.3) is 0 Å². The molecule has 1 fully saturated rings. The number of rotatable bonds is 7. The van der Waals surface area contributed by atoms with Gasteiger partial charge < -0.3 is 10.2 Å². The van der Waals surface area contributed by atoms with E-state index in [0.717, 1.165) is 38.8 Å². The molecule has 0 aromatic carbocycles. The SMILES string of the molecule is Cc1scc(CCNC(=O)CCCN2CCCCC2=O)c1C. The van der Waals surface area contributed by atoms with Crippen molar-refractivity contribution in [2.24, 2.45) is 0 Å². The Hall–Kier alpha value is -1.36. The van der Waals surface area contributed by atoms with E-state index in [2.05, 4.69) is 24.5 Å². The van der Waals surface area contributed by atoms with Gasteiger partial charge in [0.1, 0.15) is 0 Å². The first-order valence-electron chi connectivity index (χ1n) is 8.16. The normalized spacial score (nSPS) is 15.2. The van der Waals surface area contributed by atoms with Crippen molar-refractivity contribution in [3.8, 4) is 0 Å². The van der Waals surface area contributed by atoms with E-state index in [-0.39, 0.29) is 11.8 Å². The molecule has 5 heteroatoms. The van der Waals surface area contributed by atoms with Gasteiger partial charge in [-0.25, -0.2) is 0 Å². The maximum atomic E-state index is 11.8. The maximum absolute atomic E-state index is 11.8. The highest BCUT2D eigenvalue weighted by molar-refractivity contribution is 7.10. The van der Waals surface area contributed by atoms with Crippen molar-refractivity contribution in [3.63, 3.8) is 0 Å². The van der Waals surface area contributed by atoms with Crippen molar-refractivity contribution in [1.29, 1.82) is 0 Å². The minimum absolute atomic E-state index is 0.0917. The number of carbonyl (C=O) groups is 2. The first kappa shape index (κ1) is 17.0. The molecule has 122 valence electrons. The Kier molecular flexibility index (Phi) is 6.43. The molecule has 1 saturated heterocycles. The lowest BCUT2D eigenvalue weighted by molar-refractivity contribution is -0.133. The molecule has 0 radical (unpaired) electrons. The molecule has 2 rings (SSSR count). The molecule has 2 heterocycles. The summed E-state index contributed by atoms with van der Waals surface area (Å²) in [6.07, 6.45) is 4.94. The van der Waals surface area contributed by atoms with Crippen LogP contribution in [0.1, 0.15) is 48.1 Å². The summed E-state index contributed by atoms with van der Waals surface area (Å²) in [7, 11) is 0. The minimum Gasteiger partial charge on any atom is -0.356 e. The summed E-state index contributed by atoms with van der Waals surface area (Å²) >= 11 is 1.77. The van der Waals surface area contributed by atoms with Crippen molar-refractivity contribution >= 4 is 23.2 Å². The van der Waals surface area contributed by atoms with Crippen molar-refractivity contribution in [3.05, 3.63) is 21.4 Å². The molecule has 0 spiro atoms. The van der Waals surface area contributed by atoms with E-state index in [1.54, 1.807) is 11.3 Å². The molecular weight excluding hydrogens is 296 g/mol. The first-order chi connectivity index (χ1) is 10.6. The van der Waals surface area contributed by atoms with Crippen molar-refractivity contribution in [2.45, 2.75) is 52.4 Å². The minimum atomic E-state index is 0.0917. The van der Waals surface area contributed by atoms with Gasteiger partial charge in [0.15, 0.2) is 0 Å². The lowest BCUT2D eigenvalue weighted by atomic mass is 10.1. The van der Waals surface area contributed by atoms with E-state index in [0.29, 0.717) is 19.4 Å². The molecule has 0 unspecified atom stereocenters. The fourth-order valence-electron chi connectivity index (χ4n) is 2.76. The van der Waals surface area contributed by atoms with Gasteiger partial charge in [-0.2, -0.15) is 0 Å². The summed E-state index contributed by atoms with van der Waals surface area (Å²) in [5, 5.41) is 5.16. The summed E-state index contributed by atoms with van der Waals surface area (Å²) in [5.74, 6) is 0.337. The second-order valence-electron chi connectivity index (χ2n) is 5.98. The van der Waals surface area contributed by atoms with Crippen molar-refractivity contribution in [2.75, 3.05) is 19.6 Å². The number of hydrogen-bond acceptors (Lipinski definition) is 3. The lowest BCUT2D eigenvalue weighted by Crippen LogP contribution is -2.36. The van der Waals surface area contributed by atoms with Crippen molar-refractivity contribution in [1.82, 2.24) is 10.2 Å². The predicted octanol–water partition coefficient (Wildman–Crippen LogP) is 2.82. The van der Waals surface area contributed by atoms with E-state index in [1.807, 2.05) is 4.90 Å². The molecule has 1 aliphatic heterocycles. The van der Waals surface area contributed by atoms with E-state index in [4.69, 9.17) is 0 Å². The molecule has 1 N–H and O–H groups in total. The molecule has 0 saturated carbocycles. The standard InChI is InChI=1S/C17H26N2O2S/c1-13-14(2)22-12-15(13)8-9-18-16(20)6-5-11-19-10-4-3-7-17(19)21/h12H,3-11H2,1-2H3,(H,18,20). The summed E-state index contributed by atoms with van der Waals surface area (Å²) in [4.78, 5) is 26.7. The fraction of sp³-hybridized carbons (Fsp3) is 0.647. The third-order valence-electron chi connectivity index (χ3n) is 4.36. The van der Waals surface area contributed by atoms with E-state index in [1.165, 1.54) is 16.0 Å². The van der Waals surface area contributed by atoms with Gasteiger partial charge >= 0.3 is 0 Å². The van der Waals surface area contributed by atoms with Crippen LogP contribution in [0.15, 0.2) is 5.38 Å². The van der Waals surface area contributed by atoms with Crippen LogP contribution in [-0.4, -0.2) is 36.3 Å². The van der Waals surface area contributed by atoms with Crippen LogP contribution in [0.25, 0.3) is 0 Å². The van der Waals surface area contributed by atoms with Crippen LogP contribution in [0.4, 0.5) is 0 Å². The van der Waals surface area contributed by atoms with Gasteiger partial charge in [-0.15, -0.1) is 11.3 Å². The number of hydrogen-bond donors (Lipinski definition) is 1. The number of likely N-dealkylation sites (tertiary alicyclic amines) is 1. The molecule has 4 nitrogen and oxygen atoms in total. The third kappa shape index (κ3) is 4.83. The van der Waals surface area contributed by atoms with Crippen molar-refractivity contribution < 1.29 is 9.59 Å². The highest BCUT2D eigenvalue weighted by Crippen LogP contribution is 2.20. The summed E-state index contributed by atoms with van der Waals surface area (Å²) in [5.41, 5.74) is 2.68. The van der Waals surface area contributed by atoms with Crippen LogP contribution in [0.3, 0.4) is 0 Å². The van der Waals surface area contributed by atoms with Crippen LogP contribution >= 0.6 is 11.3 Å². The Morgan fingerprint density at radius 1 is 1.36 bits per heavy atom. The maximum Gasteiger partial charge on any atom is 0.222 e. The van der Waals surface area contributed by atoms with Crippen LogP contribution in [0.2, 0.25) is 0 Å². The second-order valence-corrected chi connectivity index (χ2v) is 7.07. The average molecular weight is 322 g/mol. The average Bonchev–Trinajstić information content (AvgIpc) is 2.81. The third-order valence-corrected chi connectivity index (χ3v) is 5.42. The topological polar surface area (TPSA) is 49.4 Å². The van der Waals surface area contributed by atoms with Crippen LogP contribution < -0.4 is 5.32 Å². The molecule has 1 aromatic rings. The Morgan fingerprint density at radius 2 is 2.18 bits per heavy atom. The van der Waals surface area contributed by atoms with Crippen LogP contribution in [0, 0.1) is 13.8 Å².